The van der Waals surface area contributed by atoms with Crippen molar-refractivity contribution < 1.29 is 22.7 Å². The van der Waals surface area contributed by atoms with E-state index in [2.05, 4.69) is 15.0 Å². The molecule has 0 saturated heterocycles. The number of rotatable bonds is 5. The van der Waals surface area contributed by atoms with Gasteiger partial charge >= 0.3 is 12.1 Å². The summed E-state index contributed by atoms with van der Waals surface area (Å²) in [5, 5.41) is 3.60. The van der Waals surface area contributed by atoms with Crippen LogP contribution in [0.3, 0.4) is 0 Å². The van der Waals surface area contributed by atoms with Crippen LogP contribution in [0.2, 0.25) is 0 Å². The minimum absolute atomic E-state index is 0.104. The number of alkyl halides is 3. The van der Waals surface area contributed by atoms with Gasteiger partial charge in [0, 0.05) is 5.38 Å². The highest BCUT2D eigenvalue weighted by Gasteiger charge is 2.32. The summed E-state index contributed by atoms with van der Waals surface area (Å²) in [4.78, 5) is 15.3. The van der Waals surface area contributed by atoms with Gasteiger partial charge in [0.25, 0.3) is 0 Å². The summed E-state index contributed by atoms with van der Waals surface area (Å²) in [5.41, 5.74) is 1.68. The highest BCUT2D eigenvalue weighted by molar-refractivity contribution is 7.07. The van der Waals surface area contributed by atoms with E-state index in [0.717, 1.165) is 0 Å². The van der Waals surface area contributed by atoms with Crippen molar-refractivity contribution >= 4 is 17.3 Å². The molecule has 0 radical (unpaired) electrons. The molecule has 1 rings (SSSR count). The third-order valence-electron chi connectivity index (χ3n) is 1.78. The normalized spacial score (nSPS) is 13.4. The van der Waals surface area contributed by atoms with Crippen molar-refractivity contribution in [1.29, 1.82) is 0 Å². The number of hydrogen-bond acceptors (Lipinski definition) is 5. The van der Waals surface area contributed by atoms with E-state index in [-0.39, 0.29) is 12.3 Å². The van der Waals surface area contributed by atoms with Gasteiger partial charge in [-0.25, -0.2) is 9.78 Å². The first kappa shape index (κ1) is 13.9. The molecular weight excluding hydrogens is 257 g/mol. The van der Waals surface area contributed by atoms with Crippen molar-refractivity contribution in [3.8, 4) is 0 Å². The fourth-order valence-corrected chi connectivity index (χ4v) is 1.70. The molecule has 0 bridgehead atoms. The van der Waals surface area contributed by atoms with Gasteiger partial charge in [-0.2, -0.15) is 13.2 Å². The molecular formula is C9H11F3N2O2S. The molecule has 0 aromatic carbocycles. The number of thiazole rings is 1. The van der Waals surface area contributed by atoms with Crippen LogP contribution in [-0.4, -0.2) is 30.3 Å². The predicted molar refractivity (Wildman–Crippen MR) is 55.5 cm³/mol. The first-order valence-corrected chi connectivity index (χ1v) is 5.73. The van der Waals surface area contributed by atoms with Gasteiger partial charge in [0.2, 0.25) is 0 Å². The summed E-state index contributed by atoms with van der Waals surface area (Å²) >= 11 is 1.20. The molecule has 1 aromatic rings. The van der Waals surface area contributed by atoms with E-state index in [1.165, 1.54) is 22.2 Å². The molecule has 1 unspecified atom stereocenters. The molecule has 96 valence electrons. The Labute approximate surface area is 99.8 Å². The zero-order chi connectivity index (χ0) is 12.9. The van der Waals surface area contributed by atoms with Crippen LogP contribution in [0.1, 0.15) is 18.7 Å². The van der Waals surface area contributed by atoms with E-state index in [1.807, 2.05) is 0 Å². The Balaban J connectivity index is 2.70. The van der Waals surface area contributed by atoms with Crippen molar-refractivity contribution in [2.45, 2.75) is 19.1 Å². The quantitative estimate of drug-likeness (QED) is 0.829. The lowest BCUT2D eigenvalue weighted by atomic mass is 10.2. The molecule has 17 heavy (non-hydrogen) atoms. The van der Waals surface area contributed by atoms with Crippen molar-refractivity contribution in [1.82, 2.24) is 10.3 Å². The van der Waals surface area contributed by atoms with Crippen LogP contribution in [0.25, 0.3) is 0 Å². The van der Waals surface area contributed by atoms with Gasteiger partial charge in [-0.1, -0.05) is 0 Å². The fraction of sp³-hybridized carbons (Fsp3) is 0.556. The van der Waals surface area contributed by atoms with Gasteiger partial charge < -0.3 is 4.74 Å². The summed E-state index contributed by atoms with van der Waals surface area (Å²) < 4.78 is 40.9. The van der Waals surface area contributed by atoms with Crippen molar-refractivity contribution in [3.05, 3.63) is 16.6 Å². The van der Waals surface area contributed by atoms with Crippen molar-refractivity contribution in [3.63, 3.8) is 0 Å². The maximum Gasteiger partial charge on any atom is 0.401 e. The molecule has 0 fully saturated rings. The summed E-state index contributed by atoms with van der Waals surface area (Å²) in [5.74, 6) is -0.761. The molecule has 1 N–H and O–H groups in total. The Hall–Kier alpha value is -1.15. The highest BCUT2D eigenvalue weighted by atomic mass is 32.1. The van der Waals surface area contributed by atoms with E-state index < -0.39 is 24.7 Å². The Bertz CT molecular complexity index is 354. The van der Waals surface area contributed by atoms with E-state index in [9.17, 15) is 18.0 Å². The second kappa shape index (κ2) is 5.97. The Morgan fingerprint density at radius 3 is 2.82 bits per heavy atom. The average Bonchev–Trinajstić information content (AvgIpc) is 2.70. The predicted octanol–water partition coefficient (Wildman–Crippen LogP) is 1.90. The number of carbonyl (C=O) groups is 1. The summed E-state index contributed by atoms with van der Waals surface area (Å²) in [6.07, 6.45) is -4.39. The molecule has 1 aromatic heterocycles. The number of halogens is 3. The number of aromatic nitrogens is 1. The first-order chi connectivity index (χ1) is 7.94. The van der Waals surface area contributed by atoms with Crippen LogP contribution in [0, 0.1) is 0 Å². The summed E-state index contributed by atoms with van der Waals surface area (Å²) in [6, 6.07) is -1.18. The third kappa shape index (κ3) is 4.70. The molecule has 8 heteroatoms. The average molecular weight is 268 g/mol. The Morgan fingerprint density at radius 1 is 1.65 bits per heavy atom. The lowest BCUT2D eigenvalue weighted by Crippen LogP contribution is -2.37. The topological polar surface area (TPSA) is 51.2 Å². The van der Waals surface area contributed by atoms with Crippen molar-refractivity contribution in [2.24, 2.45) is 0 Å². The molecule has 0 aliphatic carbocycles. The van der Waals surface area contributed by atoms with Crippen LogP contribution in [0.4, 0.5) is 13.2 Å². The number of nitrogens with zero attached hydrogens (tertiary/aromatic N) is 1. The number of ether oxygens (including phenoxy) is 1. The zero-order valence-corrected chi connectivity index (χ0v) is 9.77. The lowest BCUT2D eigenvalue weighted by molar-refractivity contribution is -0.149. The maximum absolute atomic E-state index is 12.1. The van der Waals surface area contributed by atoms with Crippen LogP contribution >= 0.6 is 11.3 Å². The first-order valence-electron chi connectivity index (χ1n) is 4.79. The van der Waals surface area contributed by atoms with Gasteiger partial charge in [-0.15, -0.1) is 11.3 Å². The highest BCUT2D eigenvalue weighted by Crippen LogP contribution is 2.18. The number of esters is 1. The number of nitrogens with one attached hydrogen (secondary N) is 1. The fourth-order valence-electron chi connectivity index (χ4n) is 1.12. The van der Waals surface area contributed by atoms with Crippen LogP contribution in [-0.2, 0) is 9.53 Å². The smallest absolute Gasteiger partial charge is 0.401 e. The number of hydrogen-bond donors (Lipinski definition) is 1. The molecule has 1 heterocycles. The minimum Gasteiger partial charge on any atom is -0.465 e. The second-order valence-corrected chi connectivity index (χ2v) is 3.81. The second-order valence-electron chi connectivity index (χ2n) is 3.09. The van der Waals surface area contributed by atoms with E-state index in [4.69, 9.17) is 0 Å². The lowest BCUT2D eigenvalue weighted by Gasteiger charge is -2.16. The number of carbonyl (C=O) groups excluding carboxylic acids is 1. The van der Waals surface area contributed by atoms with Crippen LogP contribution in [0.5, 0.6) is 0 Å². The van der Waals surface area contributed by atoms with E-state index >= 15 is 0 Å². The maximum atomic E-state index is 12.1. The van der Waals surface area contributed by atoms with E-state index in [1.54, 1.807) is 6.92 Å². The van der Waals surface area contributed by atoms with Gasteiger partial charge in [-0.05, 0) is 6.92 Å². The SMILES string of the molecule is CCOC(=O)C(NCC(F)(F)F)c1cscn1. The monoisotopic (exact) mass is 268 g/mol. The summed E-state index contributed by atoms with van der Waals surface area (Å²) in [7, 11) is 0. The standard InChI is InChI=1S/C9H11F3N2O2S/c1-2-16-8(15)7(6-3-17-5-14-6)13-4-9(10,11)12/h3,5,7,13H,2,4H2,1H3. The van der Waals surface area contributed by atoms with Crippen LogP contribution in [0.15, 0.2) is 10.9 Å². The van der Waals surface area contributed by atoms with Crippen LogP contribution < -0.4 is 5.32 Å². The molecule has 1 atom stereocenters. The molecule has 0 aliphatic rings. The van der Waals surface area contributed by atoms with Gasteiger partial charge in [-0.3, -0.25) is 5.32 Å². The van der Waals surface area contributed by atoms with E-state index in [0.29, 0.717) is 0 Å². The van der Waals surface area contributed by atoms with Gasteiger partial charge in [0.15, 0.2) is 0 Å². The molecule has 0 spiro atoms. The minimum atomic E-state index is -4.39. The largest absolute Gasteiger partial charge is 0.465 e. The Kier molecular flexibility index (Phi) is 4.88. The summed E-state index contributed by atoms with van der Waals surface area (Å²) in [6.45, 7) is 0.418. The molecule has 0 saturated carbocycles. The molecule has 4 nitrogen and oxygen atoms in total. The Morgan fingerprint density at radius 2 is 2.35 bits per heavy atom. The molecule has 0 amide bonds. The third-order valence-corrected chi connectivity index (χ3v) is 2.38. The van der Waals surface area contributed by atoms with Crippen molar-refractivity contribution in [2.75, 3.05) is 13.2 Å². The van der Waals surface area contributed by atoms with Gasteiger partial charge in [0.05, 0.1) is 24.4 Å². The van der Waals surface area contributed by atoms with Gasteiger partial charge in [0.1, 0.15) is 6.04 Å². The zero-order valence-electron chi connectivity index (χ0n) is 8.95. The molecule has 0 aliphatic heterocycles.